The second-order valence-corrected chi connectivity index (χ2v) is 5.49. The lowest BCUT2D eigenvalue weighted by atomic mass is 9.87. The molecule has 1 aromatic carbocycles. The van der Waals surface area contributed by atoms with E-state index in [1.807, 2.05) is 27.7 Å². The molecule has 0 bridgehead atoms. The zero-order valence-electron chi connectivity index (χ0n) is 11.9. The molecule has 19 heavy (non-hydrogen) atoms. The Morgan fingerprint density at radius 2 is 2.00 bits per heavy atom. The first-order valence-electron chi connectivity index (χ1n) is 6.45. The zero-order chi connectivity index (χ0) is 14.2. The van der Waals surface area contributed by atoms with E-state index in [0.717, 1.165) is 40.8 Å². The van der Waals surface area contributed by atoms with E-state index >= 15 is 0 Å². The molecular weight excluding hydrogens is 244 g/mol. The van der Waals surface area contributed by atoms with E-state index in [1.165, 1.54) is 0 Å². The topological polar surface area (TPSA) is 55.8 Å². The Bertz CT molecular complexity index is 522. The summed E-state index contributed by atoms with van der Waals surface area (Å²) in [7, 11) is 0. The number of phenols is 1. The van der Waals surface area contributed by atoms with Crippen molar-refractivity contribution in [1.82, 2.24) is 0 Å². The number of benzene rings is 1. The summed E-state index contributed by atoms with van der Waals surface area (Å²) in [6.07, 6.45) is 1.57. The van der Waals surface area contributed by atoms with Gasteiger partial charge in [-0.2, -0.15) is 0 Å². The van der Waals surface area contributed by atoms with Gasteiger partial charge in [0.25, 0.3) is 6.47 Å². The Kier molecular flexibility index (Phi) is 3.43. The molecule has 0 saturated carbocycles. The quantitative estimate of drug-likeness (QED) is 0.852. The summed E-state index contributed by atoms with van der Waals surface area (Å²) in [6, 6.07) is 0. The molecule has 2 rings (SSSR count). The molecule has 0 aromatic heterocycles. The van der Waals surface area contributed by atoms with Crippen LogP contribution in [0.3, 0.4) is 0 Å². The molecule has 1 N–H and O–H groups in total. The average molecular weight is 264 g/mol. The number of rotatable bonds is 3. The van der Waals surface area contributed by atoms with Crippen molar-refractivity contribution in [2.24, 2.45) is 0 Å². The maximum absolute atomic E-state index is 10.3. The van der Waals surface area contributed by atoms with Crippen molar-refractivity contribution in [1.29, 1.82) is 0 Å². The molecule has 1 aliphatic heterocycles. The van der Waals surface area contributed by atoms with E-state index in [9.17, 15) is 9.90 Å². The van der Waals surface area contributed by atoms with Gasteiger partial charge < -0.3 is 14.6 Å². The van der Waals surface area contributed by atoms with Gasteiger partial charge in [-0.3, -0.25) is 4.79 Å². The molecule has 1 heterocycles. The van der Waals surface area contributed by atoms with Gasteiger partial charge in [0.15, 0.2) is 0 Å². The highest BCUT2D eigenvalue weighted by Gasteiger charge is 2.35. The van der Waals surface area contributed by atoms with Crippen molar-refractivity contribution in [2.75, 3.05) is 6.61 Å². The molecular formula is C15H20O4. The summed E-state index contributed by atoms with van der Waals surface area (Å²) in [5.41, 5.74) is 3.25. The van der Waals surface area contributed by atoms with Gasteiger partial charge in [0.2, 0.25) is 0 Å². The van der Waals surface area contributed by atoms with Gasteiger partial charge in [-0.15, -0.1) is 0 Å². The van der Waals surface area contributed by atoms with Crippen molar-refractivity contribution in [3.05, 3.63) is 22.3 Å². The lowest BCUT2D eigenvalue weighted by Gasteiger charge is -2.37. The molecule has 4 heteroatoms. The summed E-state index contributed by atoms with van der Waals surface area (Å²) in [5.74, 6) is 1.18. The Hall–Kier alpha value is -1.71. The molecule has 0 radical (unpaired) electrons. The van der Waals surface area contributed by atoms with E-state index in [1.54, 1.807) is 0 Å². The SMILES string of the molecule is Cc1c(C)c2c(c(C)c1O)CC[C@@](C)(COC=O)O2. The first-order chi connectivity index (χ1) is 8.89. The maximum Gasteiger partial charge on any atom is 0.293 e. The Labute approximate surface area is 113 Å². The molecule has 0 fully saturated rings. The highest BCUT2D eigenvalue weighted by atomic mass is 16.6. The third-order valence-electron chi connectivity index (χ3n) is 4.05. The summed E-state index contributed by atoms with van der Waals surface area (Å²) >= 11 is 0. The van der Waals surface area contributed by atoms with Crippen LogP contribution in [0.1, 0.15) is 35.6 Å². The van der Waals surface area contributed by atoms with Gasteiger partial charge in [-0.1, -0.05) is 0 Å². The number of phenolic OH excluding ortho intramolecular Hbond substituents is 1. The van der Waals surface area contributed by atoms with Crippen LogP contribution in [0.5, 0.6) is 11.5 Å². The lowest BCUT2D eigenvalue weighted by molar-refractivity contribution is -0.134. The number of aromatic hydroxyl groups is 1. The molecule has 0 unspecified atom stereocenters. The third-order valence-corrected chi connectivity index (χ3v) is 4.05. The number of carbonyl (C=O) groups excluding carboxylic acids is 1. The Morgan fingerprint density at radius 1 is 1.32 bits per heavy atom. The van der Waals surface area contributed by atoms with Gasteiger partial charge in [0.05, 0.1) is 0 Å². The fourth-order valence-electron chi connectivity index (χ4n) is 2.61. The normalized spacial score (nSPS) is 21.5. The van der Waals surface area contributed by atoms with Crippen molar-refractivity contribution in [3.8, 4) is 11.5 Å². The minimum atomic E-state index is -0.492. The maximum atomic E-state index is 10.3. The Balaban J connectivity index is 2.43. The largest absolute Gasteiger partial charge is 0.507 e. The predicted molar refractivity (Wildman–Crippen MR) is 71.7 cm³/mol. The average Bonchev–Trinajstić information content (AvgIpc) is 2.40. The van der Waals surface area contributed by atoms with Crippen molar-refractivity contribution < 1.29 is 19.4 Å². The van der Waals surface area contributed by atoms with E-state index in [2.05, 4.69) is 0 Å². The van der Waals surface area contributed by atoms with Crippen LogP contribution in [0.4, 0.5) is 0 Å². The van der Waals surface area contributed by atoms with Gasteiger partial charge in [0.1, 0.15) is 23.7 Å². The molecule has 1 aromatic rings. The minimum Gasteiger partial charge on any atom is -0.507 e. The standard InChI is InChI=1S/C15H20O4/c1-9-10(2)14-12(11(3)13(9)17)5-6-15(4,19-14)7-18-8-16/h8,17H,5-7H2,1-4H3/t15-/m0/s1. The number of ether oxygens (including phenoxy) is 2. The molecule has 4 nitrogen and oxygen atoms in total. The first kappa shape index (κ1) is 13.7. The van der Waals surface area contributed by atoms with Crippen LogP contribution in [0, 0.1) is 20.8 Å². The number of hydrogen-bond donors (Lipinski definition) is 1. The summed E-state index contributed by atoms with van der Waals surface area (Å²) in [4.78, 5) is 10.3. The number of carbonyl (C=O) groups is 1. The third kappa shape index (κ3) is 2.27. The fourth-order valence-corrected chi connectivity index (χ4v) is 2.61. The van der Waals surface area contributed by atoms with Crippen molar-refractivity contribution in [2.45, 2.75) is 46.1 Å². The highest BCUT2D eigenvalue weighted by molar-refractivity contribution is 5.58. The molecule has 1 atom stereocenters. The van der Waals surface area contributed by atoms with E-state index in [-0.39, 0.29) is 6.61 Å². The van der Waals surface area contributed by atoms with E-state index in [4.69, 9.17) is 9.47 Å². The van der Waals surface area contributed by atoms with Crippen LogP contribution in [0.2, 0.25) is 0 Å². The van der Waals surface area contributed by atoms with Crippen LogP contribution in [-0.2, 0) is 16.0 Å². The highest BCUT2D eigenvalue weighted by Crippen LogP contribution is 2.43. The van der Waals surface area contributed by atoms with Gasteiger partial charge in [0, 0.05) is 5.56 Å². The van der Waals surface area contributed by atoms with Gasteiger partial charge in [-0.05, 0) is 57.2 Å². The van der Waals surface area contributed by atoms with E-state index in [0.29, 0.717) is 12.2 Å². The first-order valence-corrected chi connectivity index (χ1v) is 6.45. The number of fused-ring (bicyclic) bond motifs is 1. The van der Waals surface area contributed by atoms with Crippen molar-refractivity contribution >= 4 is 6.47 Å². The summed E-state index contributed by atoms with van der Waals surface area (Å²) in [5, 5.41) is 10.1. The molecule has 0 aliphatic carbocycles. The van der Waals surface area contributed by atoms with Gasteiger partial charge >= 0.3 is 0 Å². The van der Waals surface area contributed by atoms with Gasteiger partial charge in [-0.25, -0.2) is 0 Å². The monoisotopic (exact) mass is 264 g/mol. The summed E-state index contributed by atoms with van der Waals surface area (Å²) in [6.45, 7) is 8.37. The predicted octanol–water partition coefficient (Wildman–Crippen LogP) is 2.57. The zero-order valence-corrected chi connectivity index (χ0v) is 11.9. The summed E-state index contributed by atoms with van der Waals surface area (Å²) < 4.78 is 10.9. The number of hydrogen-bond acceptors (Lipinski definition) is 4. The van der Waals surface area contributed by atoms with Crippen LogP contribution in [0.15, 0.2) is 0 Å². The van der Waals surface area contributed by atoms with Crippen molar-refractivity contribution in [3.63, 3.8) is 0 Å². The Morgan fingerprint density at radius 3 is 2.63 bits per heavy atom. The lowest BCUT2D eigenvalue weighted by Crippen LogP contribution is -2.41. The molecule has 1 aliphatic rings. The second kappa shape index (κ2) is 4.76. The van der Waals surface area contributed by atoms with Crippen LogP contribution in [0.25, 0.3) is 0 Å². The molecule has 0 amide bonds. The molecule has 0 saturated heterocycles. The fraction of sp³-hybridized carbons (Fsp3) is 0.533. The van der Waals surface area contributed by atoms with Crippen LogP contribution >= 0.6 is 0 Å². The van der Waals surface area contributed by atoms with Crippen LogP contribution in [-0.4, -0.2) is 23.8 Å². The molecule has 0 spiro atoms. The second-order valence-electron chi connectivity index (χ2n) is 5.49. The molecule has 104 valence electrons. The van der Waals surface area contributed by atoms with E-state index < -0.39 is 5.60 Å². The minimum absolute atomic E-state index is 0.244. The van der Waals surface area contributed by atoms with Crippen LogP contribution < -0.4 is 4.74 Å². The smallest absolute Gasteiger partial charge is 0.293 e.